The Labute approximate surface area is 78.2 Å². The fraction of sp³-hybridized carbons (Fsp3) is 0.333. The highest BCUT2D eigenvalue weighted by Gasteiger charge is 1.88. The number of nitrogens with zero attached hydrogens (tertiary/aromatic N) is 2. The van der Waals surface area contributed by atoms with Crippen LogP contribution >= 0.6 is 24.8 Å². The van der Waals surface area contributed by atoms with Gasteiger partial charge in [0.05, 0.1) is 11.4 Å². The molecule has 0 atom stereocenters. The summed E-state index contributed by atoms with van der Waals surface area (Å²) in [7, 11) is 0. The molecule has 11 heavy (non-hydrogen) atoms. The highest BCUT2D eigenvalue weighted by atomic mass is 35.5. The number of hydrogen-bond donors (Lipinski definition) is 1. The van der Waals surface area contributed by atoms with Crippen molar-refractivity contribution in [3.05, 3.63) is 23.5 Å². The molecule has 0 aliphatic heterocycles. The molecule has 0 saturated carbocycles. The summed E-state index contributed by atoms with van der Waals surface area (Å²) in [5.74, 6) is 0. The van der Waals surface area contributed by atoms with Gasteiger partial charge in [0.15, 0.2) is 0 Å². The zero-order valence-corrected chi connectivity index (χ0v) is 7.78. The van der Waals surface area contributed by atoms with Crippen LogP contribution in [0.3, 0.4) is 0 Å². The molecule has 0 saturated heterocycles. The standard InChI is InChI=1S/C6H9N3.2ClH/c1-5-2-3-6(4-7)9-8-5;;/h2-3H,4,7H2,1H3;2*1H. The van der Waals surface area contributed by atoms with Crippen LogP contribution in [0.4, 0.5) is 0 Å². The molecule has 0 aliphatic rings. The molecule has 1 heterocycles. The van der Waals surface area contributed by atoms with E-state index in [1.807, 2.05) is 19.1 Å². The normalized spacial score (nSPS) is 7.82. The maximum atomic E-state index is 5.30. The van der Waals surface area contributed by atoms with Crippen LogP contribution in [0.2, 0.25) is 0 Å². The van der Waals surface area contributed by atoms with Crippen molar-refractivity contribution >= 4 is 24.8 Å². The van der Waals surface area contributed by atoms with E-state index >= 15 is 0 Å². The first kappa shape index (κ1) is 13.2. The zero-order valence-electron chi connectivity index (χ0n) is 6.15. The molecule has 5 heteroatoms. The highest BCUT2D eigenvalue weighted by molar-refractivity contribution is 5.85. The van der Waals surface area contributed by atoms with Crippen molar-refractivity contribution in [3.63, 3.8) is 0 Å². The Morgan fingerprint density at radius 1 is 1.27 bits per heavy atom. The second-order valence-corrected chi connectivity index (χ2v) is 1.87. The van der Waals surface area contributed by atoms with Crippen molar-refractivity contribution in [2.75, 3.05) is 0 Å². The van der Waals surface area contributed by atoms with Gasteiger partial charge in [0.25, 0.3) is 0 Å². The Morgan fingerprint density at radius 3 is 2.27 bits per heavy atom. The van der Waals surface area contributed by atoms with Crippen molar-refractivity contribution in [1.82, 2.24) is 10.2 Å². The second-order valence-electron chi connectivity index (χ2n) is 1.87. The summed E-state index contributed by atoms with van der Waals surface area (Å²) >= 11 is 0. The van der Waals surface area contributed by atoms with Crippen molar-refractivity contribution in [1.29, 1.82) is 0 Å². The van der Waals surface area contributed by atoms with Crippen molar-refractivity contribution < 1.29 is 0 Å². The lowest BCUT2D eigenvalue weighted by atomic mass is 10.3. The first-order chi connectivity index (χ1) is 4.33. The predicted octanol–water partition coefficient (Wildman–Crippen LogP) is 1.09. The van der Waals surface area contributed by atoms with Crippen LogP contribution in [0.25, 0.3) is 0 Å². The van der Waals surface area contributed by atoms with Gasteiger partial charge in [-0.2, -0.15) is 10.2 Å². The molecule has 0 aliphatic carbocycles. The lowest BCUT2D eigenvalue weighted by molar-refractivity contribution is 0.876. The fourth-order valence-electron chi connectivity index (χ4n) is 0.535. The molecule has 64 valence electrons. The number of aromatic nitrogens is 2. The topological polar surface area (TPSA) is 51.8 Å². The molecule has 0 spiro atoms. The molecule has 0 bridgehead atoms. The van der Waals surface area contributed by atoms with E-state index in [-0.39, 0.29) is 24.8 Å². The van der Waals surface area contributed by atoms with Gasteiger partial charge >= 0.3 is 0 Å². The number of nitrogens with two attached hydrogens (primary N) is 1. The summed E-state index contributed by atoms with van der Waals surface area (Å²) in [6.07, 6.45) is 0. The molecule has 0 unspecified atom stereocenters. The molecule has 1 aromatic heterocycles. The fourth-order valence-corrected chi connectivity index (χ4v) is 0.535. The second kappa shape index (κ2) is 6.34. The molecule has 2 N–H and O–H groups in total. The Balaban J connectivity index is 0. The summed E-state index contributed by atoms with van der Waals surface area (Å²) in [5, 5.41) is 7.64. The maximum Gasteiger partial charge on any atom is 0.0767 e. The van der Waals surface area contributed by atoms with Crippen LogP contribution in [0.1, 0.15) is 11.4 Å². The van der Waals surface area contributed by atoms with Gasteiger partial charge in [-0.1, -0.05) is 0 Å². The van der Waals surface area contributed by atoms with E-state index in [0.29, 0.717) is 6.54 Å². The summed E-state index contributed by atoms with van der Waals surface area (Å²) in [5.41, 5.74) is 7.05. The molecule has 1 rings (SSSR count). The van der Waals surface area contributed by atoms with Crippen LogP contribution in [0.15, 0.2) is 12.1 Å². The molecule has 0 radical (unpaired) electrons. The number of rotatable bonds is 1. The van der Waals surface area contributed by atoms with Gasteiger partial charge in [0.1, 0.15) is 0 Å². The smallest absolute Gasteiger partial charge is 0.0767 e. The molecule has 3 nitrogen and oxygen atoms in total. The molecule has 0 fully saturated rings. The van der Waals surface area contributed by atoms with E-state index in [1.54, 1.807) is 0 Å². The average Bonchev–Trinajstić information content (AvgIpc) is 1.90. The Hall–Kier alpha value is -0.380. The first-order valence-electron chi connectivity index (χ1n) is 2.82. The SMILES string of the molecule is Cc1ccc(CN)nn1.Cl.Cl. The van der Waals surface area contributed by atoms with Crippen LogP contribution in [-0.4, -0.2) is 10.2 Å². The Kier molecular flexibility index (Phi) is 7.62. The number of halogens is 2. The van der Waals surface area contributed by atoms with Crippen molar-refractivity contribution in [2.24, 2.45) is 5.73 Å². The monoisotopic (exact) mass is 195 g/mol. The number of aryl methyl sites for hydroxylation is 1. The van der Waals surface area contributed by atoms with Crippen molar-refractivity contribution in [3.8, 4) is 0 Å². The quantitative estimate of drug-likeness (QED) is 0.731. The van der Waals surface area contributed by atoms with Gasteiger partial charge in [0.2, 0.25) is 0 Å². The molecule has 1 aromatic rings. The van der Waals surface area contributed by atoms with Gasteiger partial charge in [-0.15, -0.1) is 24.8 Å². The average molecular weight is 196 g/mol. The maximum absolute atomic E-state index is 5.30. The van der Waals surface area contributed by atoms with Gasteiger partial charge < -0.3 is 5.73 Å². The number of hydrogen-bond acceptors (Lipinski definition) is 3. The largest absolute Gasteiger partial charge is 0.325 e. The summed E-state index contributed by atoms with van der Waals surface area (Å²) in [6.45, 7) is 2.36. The Morgan fingerprint density at radius 2 is 1.91 bits per heavy atom. The molecule has 0 aromatic carbocycles. The molecular weight excluding hydrogens is 185 g/mol. The highest BCUT2D eigenvalue weighted by Crippen LogP contribution is 1.91. The van der Waals surface area contributed by atoms with Gasteiger partial charge in [0, 0.05) is 6.54 Å². The minimum Gasteiger partial charge on any atom is -0.325 e. The minimum absolute atomic E-state index is 0. The van der Waals surface area contributed by atoms with E-state index in [4.69, 9.17) is 5.73 Å². The third-order valence-electron chi connectivity index (χ3n) is 1.06. The van der Waals surface area contributed by atoms with Crippen LogP contribution in [-0.2, 0) is 6.54 Å². The molecular formula is C6H11Cl2N3. The lowest BCUT2D eigenvalue weighted by Gasteiger charge is -1.92. The van der Waals surface area contributed by atoms with Gasteiger partial charge in [-0.25, -0.2) is 0 Å². The minimum atomic E-state index is 0. The van der Waals surface area contributed by atoms with Crippen molar-refractivity contribution in [2.45, 2.75) is 13.5 Å². The van der Waals surface area contributed by atoms with E-state index in [0.717, 1.165) is 11.4 Å². The third-order valence-corrected chi connectivity index (χ3v) is 1.06. The van der Waals surface area contributed by atoms with E-state index in [9.17, 15) is 0 Å². The summed E-state index contributed by atoms with van der Waals surface area (Å²) < 4.78 is 0. The van der Waals surface area contributed by atoms with Crippen LogP contribution in [0.5, 0.6) is 0 Å². The lowest BCUT2D eigenvalue weighted by Crippen LogP contribution is -2.00. The van der Waals surface area contributed by atoms with Crippen LogP contribution in [0, 0.1) is 6.92 Å². The predicted molar refractivity (Wildman–Crippen MR) is 49.2 cm³/mol. The van der Waals surface area contributed by atoms with E-state index in [2.05, 4.69) is 10.2 Å². The molecule has 0 amide bonds. The summed E-state index contributed by atoms with van der Waals surface area (Å²) in [6, 6.07) is 3.78. The van der Waals surface area contributed by atoms with E-state index < -0.39 is 0 Å². The zero-order chi connectivity index (χ0) is 6.69. The third kappa shape index (κ3) is 4.14. The van der Waals surface area contributed by atoms with Gasteiger partial charge in [-0.3, -0.25) is 0 Å². The van der Waals surface area contributed by atoms with Crippen LogP contribution < -0.4 is 5.73 Å². The Bertz CT molecular complexity index is 188. The summed E-state index contributed by atoms with van der Waals surface area (Å²) in [4.78, 5) is 0. The van der Waals surface area contributed by atoms with E-state index in [1.165, 1.54) is 0 Å². The first-order valence-corrected chi connectivity index (χ1v) is 2.82. The van der Waals surface area contributed by atoms with Gasteiger partial charge in [-0.05, 0) is 19.1 Å².